The molecule has 0 aromatic heterocycles. The molecule has 4 nitrogen and oxygen atoms in total. The number of nitrogens with zero attached hydrogens (tertiary/aromatic N) is 1. The topological polar surface area (TPSA) is 65.1 Å². The third-order valence-corrected chi connectivity index (χ3v) is 4.91. The molecule has 0 amide bonds. The molecule has 1 atom stereocenters. The van der Waals surface area contributed by atoms with E-state index >= 15 is 0 Å². The minimum Gasteiger partial charge on any atom is -0.355 e. The minimum atomic E-state index is -0.367. The van der Waals surface area contributed by atoms with Gasteiger partial charge in [-0.15, -0.1) is 0 Å². The minimum absolute atomic E-state index is 0.323. The summed E-state index contributed by atoms with van der Waals surface area (Å²) in [6.07, 6.45) is 6.55. The molecule has 0 bridgehead atoms. The van der Waals surface area contributed by atoms with Crippen LogP contribution in [0.25, 0.3) is 0 Å². The van der Waals surface area contributed by atoms with Crippen molar-refractivity contribution in [3.8, 4) is 0 Å². The van der Waals surface area contributed by atoms with Crippen LogP contribution in [0.5, 0.6) is 0 Å². The lowest BCUT2D eigenvalue weighted by atomic mass is 9.87. The summed E-state index contributed by atoms with van der Waals surface area (Å²) in [6, 6.07) is 6.36. The number of nitrogens with two attached hydrogens (primary N) is 1. The van der Waals surface area contributed by atoms with E-state index in [9.17, 15) is 0 Å². The van der Waals surface area contributed by atoms with Crippen LogP contribution in [-0.4, -0.2) is 12.0 Å². The van der Waals surface area contributed by atoms with Crippen molar-refractivity contribution in [2.45, 2.75) is 51.6 Å². The second-order valence-corrected chi connectivity index (χ2v) is 6.39. The van der Waals surface area contributed by atoms with Gasteiger partial charge >= 0.3 is 0 Å². The van der Waals surface area contributed by atoms with Crippen LogP contribution in [0.1, 0.15) is 44.6 Å². The SMILES string of the molecule is C=C1Nc2ccc(CC)cc2N(C(=N)C2CCCCC2)C1N. The van der Waals surface area contributed by atoms with Crippen molar-refractivity contribution in [3.05, 3.63) is 36.0 Å². The van der Waals surface area contributed by atoms with E-state index in [0.717, 1.165) is 36.3 Å². The first-order chi connectivity index (χ1) is 10.6. The maximum absolute atomic E-state index is 8.73. The van der Waals surface area contributed by atoms with Gasteiger partial charge in [-0.1, -0.05) is 38.8 Å². The van der Waals surface area contributed by atoms with Gasteiger partial charge in [0, 0.05) is 11.6 Å². The van der Waals surface area contributed by atoms with Gasteiger partial charge in [0.2, 0.25) is 0 Å². The summed E-state index contributed by atoms with van der Waals surface area (Å²) in [4.78, 5) is 1.99. The first-order valence-electron chi connectivity index (χ1n) is 8.33. The van der Waals surface area contributed by atoms with Crippen molar-refractivity contribution in [1.29, 1.82) is 5.41 Å². The number of amidine groups is 1. The smallest absolute Gasteiger partial charge is 0.123 e. The number of hydrogen-bond donors (Lipinski definition) is 3. The maximum Gasteiger partial charge on any atom is 0.123 e. The molecule has 0 saturated heterocycles. The first-order valence-corrected chi connectivity index (χ1v) is 8.33. The zero-order valence-electron chi connectivity index (χ0n) is 13.4. The number of rotatable bonds is 2. The van der Waals surface area contributed by atoms with Crippen LogP contribution in [0.4, 0.5) is 11.4 Å². The van der Waals surface area contributed by atoms with Crippen LogP contribution in [0.15, 0.2) is 30.5 Å². The Hall–Kier alpha value is -1.81. The summed E-state index contributed by atoms with van der Waals surface area (Å²) in [5, 5.41) is 12.0. The second-order valence-electron chi connectivity index (χ2n) is 6.39. The van der Waals surface area contributed by atoms with E-state index in [0.29, 0.717) is 11.8 Å². The summed E-state index contributed by atoms with van der Waals surface area (Å²) in [5.41, 5.74) is 10.4. The molecule has 0 spiro atoms. The van der Waals surface area contributed by atoms with Gasteiger partial charge in [0.1, 0.15) is 12.0 Å². The van der Waals surface area contributed by atoms with E-state index in [4.69, 9.17) is 11.1 Å². The standard InChI is InChI=1S/C18H26N4/c1-3-13-9-10-15-16(11-13)22(17(19)12(2)21-15)18(20)14-7-5-4-6-8-14/h9-11,14,17,20-21H,2-8,19H2,1H3. The predicted octanol–water partition coefficient (Wildman–Crippen LogP) is 3.84. The van der Waals surface area contributed by atoms with Gasteiger partial charge in [0.25, 0.3) is 0 Å². The molecular weight excluding hydrogens is 272 g/mol. The Morgan fingerprint density at radius 1 is 1.36 bits per heavy atom. The number of anilines is 2. The quantitative estimate of drug-likeness (QED) is 0.574. The molecule has 2 aliphatic rings. The molecule has 22 heavy (non-hydrogen) atoms. The molecule has 0 radical (unpaired) electrons. The molecule has 1 aromatic carbocycles. The molecule has 4 N–H and O–H groups in total. The molecule has 1 aliphatic carbocycles. The molecule has 1 saturated carbocycles. The molecule has 4 heteroatoms. The lowest BCUT2D eigenvalue weighted by molar-refractivity contribution is 0.432. The van der Waals surface area contributed by atoms with E-state index in [1.165, 1.54) is 24.8 Å². The van der Waals surface area contributed by atoms with Crippen molar-refractivity contribution in [1.82, 2.24) is 0 Å². The molecule has 1 fully saturated rings. The Morgan fingerprint density at radius 2 is 2.09 bits per heavy atom. The Balaban J connectivity index is 1.97. The fraction of sp³-hybridized carbons (Fsp3) is 0.500. The van der Waals surface area contributed by atoms with Gasteiger partial charge in [-0.25, -0.2) is 0 Å². The highest BCUT2D eigenvalue weighted by Gasteiger charge is 2.33. The van der Waals surface area contributed by atoms with Crippen LogP contribution in [0.2, 0.25) is 0 Å². The first kappa shape index (κ1) is 15.1. The van der Waals surface area contributed by atoms with Gasteiger partial charge in [0.15, 0.2) is 0 Å². The molecule has 1 heterocycles. The Kier molecular flexibility index (Phi) is 4.21. The van der Waals surface area contributed by atoms with Gasteiger partial charge in [0.05, 0.1) is 11.4 Å². The predicted molar refractivity (Wildman–Crippen MR) is 93.3 cm³/mol. The van der Waals surface area contributed by atoms with E-state index in [2.05, 4.69) is 37.0 Å². The van der Waals surface area contributed by atoms with Crippen LogP contribution < -0.4 is 16.0 Å². The highest BCUT2D eigenvalue weighted by molar-refractivity contribution is 6.02. The van der Waals surface area contributed by atoms with Gasteiger partial charge in [-0.2, -0.15) is 0 Å². The largest absolute Gasteiger partial charge is 0.355 e. The molecular formula is C18H26N4. The molecule has 1 unspecified atom stereocenters. The Bertz CT molecular complexity index is 587. The third-order valence-electron chi connectivity index (χ3n) is 4.91. The number of benzene rings is 1. The van der Waals surface area contributed by atoms with E-state index in [1.54, 1.807) is 0 Å². The summed E-state index contributed by atoms with van der Waals surface area (Å²) in [7, 11) is 0. The number of fused-ring (bicyclic) bond motifs is 1. The monoisotopic (exact) mass is 298 g/mol. The highest BCUT2D eigenvalue weighted by Crippen LogP contribution is 2.37. The lowest BCUT2D eigenvalue weighted by Gasteiger charge is -2.41. The van der Waals surface area contributed by atoms with Crippen molar-refractivity contribution < 1.29 is 0 Å². The molecule has 1 aromatic rings. The van der Waals surface area contributed by atoms with E-state index in [-0.39, 0.29) is 6.17 Å². The van der Waals surface area contributed by atoms with Gasteiger partial charge in [-0.3, -0.25) is 5.41 Å². The van der Waals surface area contributed by atoms with Crippen LogP contribution in [-0.2, 0) is 6.42 Å². The van der Waals surface area contributed by atoms with Crippen molar-refractivity contribution in [3.63, 3.8) is 0 Å². The summed E-state index contributed by atoms with van der Waals surface area (Å²) in [5.74, 6) is 0.980. The highest BCUT2D eigenvalue weighted by atomic mass is 15.3. The Morgan fingerprint density at radius 3 is 2.77 bits per heavy atom. The number of hydrogen-bond acceptors (Lipinski definition) is 3. The van der Waals surface area contributed by atoms with Crippen molar-refractivity contribution in [2.75, 3.05) is 10.2 Å². The summed E-state index contributed by atoms with van der Waals surface area (Å²) >= 11 is 0. The Labute approximate surface area is 132 Å². The summed E-state index contributed by atoms with van der Waals surface area (Å²) < 4.78 is 0. The number of nitrogens with one attached hydrogen (secondary N) is 2. The average Bonchev–Trinajstić information content (AvgIpc) is 2.56. The lowest BCUT2D eigenvalue weighted by Crippen LogP contribution is -2.53. The van der Waals surface area contributed by atoms with Gasteiger partial charge < -0.3 is 16.0 Å². The fourth-order valence-corrected chi connectivity index (χ4v) is 3.51. The third kappa shape index (κ3) is 2.63. The van der Waals surface area contributed by atoms with Crippen molar-refractivity contribution in [2.24, 2.45) is 11.7 Å². The average molecular weight is 298 g/mol. The molecule has 118 valence electrons. The molecule has 3 rings (SSSR count). The fourth-order valence-electron chi connectivity index (χ4n) is 3.51. The van der Waals surface area contributed by atoms with E-state index in [1.807, 2.05) is 4.90 Å². The maximum atomic E-state index is 8.73. The second kappa shape index (κ2) is 6.13. The van der Waals surface area contributed by atoms with Crippen molar-refractivity contribution >= 4 is 17.2 Å². The van der Waals surface area contributed by atoms with Crippen LogP contribution in [0, 0.1) is 11.3 Å². The number of aryl methyl sites for hydroxylation is 1. The van der Waals surface area contributed by atoms with Crippen LogP contribution in [0.3, 0.4) is 0 Å². The summed E-state index contributed by atoms with van der Waals surface area (Å²) in [6.45, 7) is 6.19. The molecule has 1 aliphatic heterocycles. The van der Waals surface area contributed by atoms with Gasteiger partial charge in [-0.05, 0) is 37.0 Å². The normalized spacial score (nSPS) is 22.2. The van der Waals surface area contributed by atoms with Crippen LogP contribution >= 0.6 is 0 Å². The zero-order chi connectivity index (χ0) is 15.7. The van der Waals surface area contributed by atoms with E-state index < -0.39 is 0 Å². The zero-order valence-corrected chi connectivity index (χ0v) is 13.4.